The van der Waals surface area contributed by atoms with Gasteiger partial charge in [0.15, 0.2) is 0 Å². The summed E-state index contributed by atoms with van der Waals surface area (Å²) in [6, 6.07) is 4.95. The molecule has 0 fully saturated rings. The smallest absolute Gasteiger partial charge is 0.293 e. The zero-order chi connectivity index (χ0) is 13.5. The number of nitrogens with zero attached hydrogens (tertiary/aromatic N) is 2. The second-order valence-corrected chi connectivity index (χ2v) is 3.98. The molecule has 0 saturated heterocycles. The van der Waals surface area contributed by atoms with Gasteiger partial charge in [0.1, 0.15) is 5.69 Å². The van der Waals surface area contributed by atoms with Gasteiger partial charge in [-0.25, -0.2) is 0 Å². The summed E-state index contributed by atoms with van der Waals surface area (Å²) in [5.41, 5.74) is 3.47. The number of nitrogens with one attached hydrogen (secondary N) is 1. The molecule has 0 heterocycles. The Labute approximate surface area is 106 Å². The summed E-state index contributed by atoms with van der Waals surface area (Å²) in [6.07, 6.45) is 0. The second-order valence-electron chi connectivity index (χ2n) is 3.98. The number of anilines is 1. The first-order valence-electron chi connectivity index (χ1n) is 5.50. The Kier molecular flexibility index (Phi) is 5.50. The summed E-state index contributed by atoms with van der Waals surface area (Å²) in [6.45, 7) is 2.01. The van der Waals surface area contributed by atoms with Crippen LogP contribution in [0.5, 0.6) is 0 Å². The maximum absolute atomic E-state index is 10.9. The van der Waals surface area contributed by atoms with Crippen LogP contribution in [-0.2, 0) is 11.3 Å². The van der Waals surface area contributed by atoms with Crippen LogP contribution in [0.15, 0.2) is 18.2 Å². The molecule has 0 aliphatic carbocycles. The number of ether oxygens (including phenoxy) is 1. The van der Waals surface area contributed by atoms with Crippen molar-refractivity contribution in [3.05, 3.63) is 33.9 Å². The van der Waals surface area contributed by atoms with Crippen LogP contribution >= 0.6 is 0 Å². The molecule has 3 N–H and O–H groups in total. The number of hydrogen-bond acceptors (Lipinski definition) is 6. The number of nitro groups is 1. The van der Waals surface area contributed by atoms with E-state index in [-0.39, 0.29) is 5.69 Å². The van der Waals surface area contributed by atoms with Gasteiger partial charge in [-0.1, -0.05) is 6.07 Å². The summed E-state index contributed by atoms with van der Waals surface area (Å²) >= 11 is 0. The lowest BCUT2D eigenvalue weighted by atomic mass is 10.1. The van der Waals surface area contributed by atoms with Gasteiger partial charge in [-0.2, -0.15) is 0 Å². The summed E-state index contributed by atoms with van der Waals surface area (Å²) in [5.74, 6) is 5.22. The van der Waals surface area contributed by atoms with Crippen LogP contribution in [0, 0.1) is 10.1 Å². The highest BCUT2D eigenvalue weighted by molar-refractivity contribution is 5.61. The highest BCUT2D eigenvalue weighted by Crippen LogP contribution is 2.24. The topological polar surface area (TPSA) is 93.7 Å². The molecule has 0 bridgehead atoms. The third kappa shape index (κ3) is 3.95. The number of nitrogens with two attached hydrogens (primary N) is 1. The number of methoxy groups -OCH3 is 1. The number of hydrogen-bond donors (Lipinski definition) is 2. The van der Waals surface area contributed by atoms with E-state index in [4.69, 9.17) is 10.6 Å². The summed E-state index contributed by atoms with van der Waals surface area (Å²) < 4.78 is 4.97. The zero-order valence-electron chi connectivity index (χ0n) is 10.5. The van der Waals surface area contributed by atoms with Gasteiger partial charge >= 0.3 is 0 Å². The molecule has 18 heavy (non-hydrogen) atoms. The van der Waals surface area contributed by atoms with Crippen molar-refractivity contribution in [3.63, 3.8) is 0 Å². The molecule has 0 amide bonds. The molecule has 7 heteroatoms. The Morgan fingerprint density at radius 1 is 1.56 bits per heavy atom. The fourth-order valence-corrected chi connectivity index (χ4v) is 1.59. The number of hydrazine groups is 1. The molecule has 1 rings (SSSR count). The molecule has 0 unspecified atom stereocenters. The molecular formula is C11H18N4O3. The van der Waals surface area contributed by atoms with Crippen LogP contribution in [0.3, 0.4) is 0 Å². The van der Waals surface area contributed by atoms with Crippen molar-refractivity contribution in [1.82, 2.24) is 4.90 Å². The van der Waals surface area contributed by atoms with Crippen LogP contribution in [-0.4, -0.2) is 37.1 Å². The molecule has 0 aromatic heterocycles. The minimum atomic E-state index is -0.451. The van der Waals surface area contributed by atoms with E-state index in [9.17, 15) is 10.1 Å². The Hall–Kier alpha value is -1.70. The Balaban J connectivity index is 2.78. The van der Waals surface area contributed by atoms with E-state index < -0.39 is 4.92 Å². The first-order chi connectivity index (χ1) is 8.58. The van der Waals surface area contributed by atoms with Crippen molar-refractivity contribution < 1.29 is 9.66 Å². The predicted octanol–water partition coefficient (Wildman–Crippen LogP) is 0.959. The molecule has 0 spiro atoms. The van der Waals surface area contributed by atoms with Crippen molar-refractivity contribution in [2.75, 3.05) is 32.7 Å². The lowest BCUT2D eigenvalue weighted by molar-refractivity contribution is -0.384. The van der Waals surface area contributed by atoms with E-state index in [2.05, 4.69) is 5.43 Å². The quantitative estimate of drug-likeness (QED) is 0.427. The molecule has 0 aliphatic heterocycles. The van der Waals surface area contributed by atoms with Gasteiger partial charge in [-0.15, -0.1) is 0 Å². The molecule has 7 nitrogen and oxygen atoms in total. The van der Waals surface area contributed by atoms with Crippen LogP contribution in [0.1, 0.15) is 5.56 Å². The largest absolute Gasteiger partial charge is 0.383 e. The first-order valence-corrected chi connectivity index (χ1v) is 5.50. The SMILES string of the molecule is COCCN(C)Cc1ccc(NN)c([N+](=O)[O-])c1. The summed E-state index contributed by atoms with van der Waals surface area (Å²) in [4.78, 5) is 12.4. The van der Waals surface area contributed by atoms with E-state index in [0.717, 1.165) is 12.1 Å². The fraction of sp³-hybridized carbons (Fsp3) is 0.455. The molecule has 0 saturated carbocycles. The Morgan fingerprint density at radius 2 is 2.28 bits per heavy atom. The monoisotopic (exact) mass is 254 g/mol. The van der Waals surface area contributed by atoms with E-state index in [1.54, 1.807) is 13.2 Å². The molecule has 0 aliphatic rings. The molecule has 0 radical (unpaired) electrons. The highest BCUT2D eigenvalue weighted by atomic mass is 16.6. The van der Waals surface area contributed by atoms with Gasteiger partial charge in [0.05, 0.1) is 11.5 Å². The van der Waals surface area contributed by atoms with Crippen molar-refractivity contribution in [1.29, 1.82) is 0 Å². The lowest BCUT2D eigenvalue weighted by Gasteiger charge is -2.16. The van der Waals surface area contributed by atoms with Crippen molar-refractivity contribution >= 4 is 11.4 Å². The molecule has 1 aromatic rings. The van der Waals surface area contributed by atoms with Crippen LogP contribution in [0.4, 0.5) is 11.4 Å². The van der Waals surface area contributed by atoms with Crippen molar-refractivity contribution in [2.24, 2.45) is 5.84 Å². The minimum Gasteiger partial charge on any atom is -0.383 e. The number of rotatable bonds is 7. The third-order valence-corrected chi connectivity index (χ3v) is 2.54. The van der Waals surface area contributed by atoms with E-state index >= 15 is 0 Å². The predicted molar refractivity (Wildman–Crippen MR) is 69.1 cm³/mol. The second kappa shape index (κ2) is 6.90. The van der Waals surface area contributed by atoms with Crippen LogP contribution in [0.25, 0.3) is 0 Å². The number of likely N-dealkylation sites (N-methyl/N-ethyl adjacent to an activating group) is 1. The molecule has 100 valence electrons. The van der Waals surface area contributed by atoms with Crippen LogP contribution in [0.2, 0.25) is 0 Å². The van der Waals surface area contributed by atoms with Gasteiger partial charge < -0.3 is 10.2 Å². The number of nitrogen functional groups attached to an aromatic ring is 1. The van der Waals surface area contributed by atoms with Gasteiger partial charge in [-0.3, -0.25) is 20.9 Å². The maximum Gasteiger partial charge on any atom is 0.293 e. The normalized spacial score (nSPS) is 10.7. The maximum atomic E-state index is 10.9. The average Bonchev–Trinajstić information content (AvgIpc) is 2.36. The number of nitro benzene ring substituents is 1. The minimum absolute atomic E-state index is 0.0184. The standard InChI is InChI=1S/C11H18N4O3/c1-14(5-6-18-2)8-9-3-4-10(13-12)11(7-9)15(16)17/h3-4,7,13H,5-6,8,12H2,1-2H3. The zero-order valence-corrected chi connectivity index (χ0v) is 10.5. The average molecular weight is 254 g/mol. The van der Waals surface area contributed by atoms with E-state index in [1.807, 2.05) is 18.0 Å². The lowest BCUT2D eigenvalue weighted by Crippen LogP contribution is -2.22. The third-order valence-electron chi connectivity index (χ3n) is 2.54. The molecule has 0 atom stereocenters. The van der Waals surface area contributed by atoms with Gasteiger partial charge in [0.2, 0.25) is 0 Å². The molecule has 1 aromatic carbocycles. The van der Waals surface area contributed by atoms with Crippen molar-refractivity contribution in [3.8, 4) is 0 Å². The highest BCUT2D eigenvalue weighted by Gasteiger charge is 2.14. The van der Waals surface area contributed by atoms with E-state index in [1.165, 1.54) is 6.07 Å². The number of benzene rings is 1. The Morgan fingerprint density at radius 3 is 2.83 bits per heavy atom. The van der Waals surface area contributed by atoms with Gasteiger partial charge in [0.25, 0.3) is 5.69 Å². The summed E-state index contributed by atoms with van der Waals surface area (Å²) in [7, 11) is 3.57. The van der Waals surface area contributed by atoms with Gasteiger partial charge in [0, 0.05) is 26.3 Å². The van der Waals surface area contributed by atoms with E-state index in [0.29, 0.717) is 18.8 Å². The van der Waals surface area contributed by atoms with Crippen LogP contribution < -0.4 is 11.3 Å². The summed E-state index contributed by atoms with van der Waals surface area (Å²) in [5, 5.41) is 10.9. The Bertz CT molecular complexity index is 411. The first kappa shape index (κ1) is 14.4. The fourth-order valence-electron chi connectivity index (χ4n) is 1.59. The van der Waals surface area contributed by atoms with Gasteiger partial charge in [-0.05, 0) is 18.7 Å². The van der Waals surface area contributed by atoms with Crippen molar-refractivity contribution in [2.45, 2.75) is 6.54 Å². The molecular weight excluding hydrogens is 236 g/mol.